The van der Waals surface area contributed by atoms with Crippen LogP contribution in [0.4, 0.5) is 11.4 Å². The molecule has 0 spiro atoms. The Labute approximate surface area is 95.2 Å². The van der Waals surface area contributed by atoms with Gasteiger partial charge in [-0.25, -0.2) is 0 Å². The summed E-state index contributed by atoms with van der Waals surface area (Å²) in [6.07, 6.45) is 0.916. The normalized spacial score (nSPS) is 19.7. The molecule has 1 aliphatic rings. The zero-order valence-corrected chi connectivity index (χ0v) is 9.42. The van der Waals surface area contributed by atoms with E-state index in [0.29, 0.717) is 0 Å². The highest BCUT2D eigenvalue weighted by molar-refractivity contribution is 5.93. The lowest BCUT2D eigenvalue weighted by Gasteiger charge is -2.11. The number of nitrogen functional groups attached to an aromatic ring is 1. The van der Waals surface area contributed by atoms with Gasteiger partial charge in [0.15, 0.2) is 0 Å². The minimum absolute atomic E-state index is 0.0918. The molecule has 1 fully saturated rings. The van der Waals surface area contributed by atoms with E-state index >= 15 is 0 Å². The number of aryl methyl sites for hydroxylation is 1. The third kappa shape index (κ3) is 2.33. The summed E-state index contributed by atoms with van der Waals surface area (Å²) in [5, 5.41) is 6.10. The largest absolute Gasteiger partial charge is 0.399 e. The van der Waals surface area contributed by atoms with Crippen molar-refractivity contribution in [2.45, 2.75) is 13.3 Å². The molecule has 4 heteroatoms. The Morgan fingerprint density at radius 2 is 2.38 bits per heavy atom. The Hall–Kier alpha value is -1.55. The van der Waals surface area contributed by atoms with Gasteiger partial charge in [0.25, 0.3) is 0 Å². The van der Waals surface area contributed by atoms with Crippen molar-refractivity contribution < 1.29 is 4.79 Å². The lowest BCUT2D eigenvalue weighted by molar-refractivity contribution is -0.119. The third-order valence-corrected chi connectivity index (χ3v) is 2.97. The van der Waals surface area contributed by atoms with Crippen molar-refractivity contribution in [1.29, 1.82) is 0 Å². The van der Waals surface area contributed by atoms with E-state index in [2.05, 4.69) is 10.6 Å². The van der Waals surface area contributed by atoms with Crippen LogP contribution in [0.25, 0.3) is 0 Å². The summed E-state index contributed by atoms with van der Waals surface area (Å²) in [5.41, 5.74) is 8.28. The monoisotopic (exact) mass is 219 g/mol. The van der Waals surface area contributed by atoms with Crippen LogP contribution in [0.5, 0.6) is 0 Å². The lowest BCUT2D eigenvalue weighted by atomic mass is 10.1. The maximum atomic E-state index is 11.8. The minimum Gasteiger partial charge on any atom is -0.399 e. The molecule has 4 nitrogen and oxygen atoms in total. The maximum Gasteiger partial charge on any atom is 0.228 e. The molecular formula is C12H17N3O. The molecule has 0 aromatic heterocycles. The molecule has 86 valence electrons. The van der Waals surface area contributed by atoms with Crippen LogP contribution in [0.2, 0.25) is 0 Å². The molecule has 0 radical (unpaired) electrons. The van der Waals surface area contributed by atoms with Crippen LogP contribution in [-0.4, -0.2) is 19.0 Å². The first-order chi connectivity index (χ1) is 7.66. The zero-order chi connectivity index (χ0) is 11.5. The number of benzene rings is 1. The molecule has 1 aromatic carbocycles. The number of nitrogens with one attached hydrogen (secondary N) is 2. The Kier molecular flexibility index (Phi) is 3.10. The van der Waals surface area contributed by atoms with Crippen molar-refractivity contribution in [2.24, 2.45) is 5.92 Å². The van der Waals surface area contributed by atoms with Crippen LogP contribution < -0.4 is 16.4 Å². The fraction of sp³-hybridized carbons (Fsp3) is 0.417. The molecule has 4 N–H and O–H groups in total. The molecule has 1 atom stereocenters. The van der Waals surface area contributed by atoms with Gasteiger partial charge in [0.2, 0.25) is 5.91 Å². The Morgan fingerprint density at radius 3 is 3.00 bits per heavy atom. The van der Waals surface area contributed by atoms with Crippen molar-refractivity contribution in [3.63, 3.8) is 0 Å². The SMILES string of the molecule is Cc1cc(NC(=O)C2CCNC2)ccc1N. The van der Waals surface area contributed by atoms with E-state index < -0.39 is 0 Å². The number of amides is 1. The van der Waals surface area contributed by atoms with Gasteiger partial charge in [-0.3, -0.25) is 4.79 Å². The Morgan fingerprint density at radius 1 is 1.56 bits per heavy atom. The van der Waals surface area contributed by atoms with Crippen molar-refractivity contribution in [3.05, 3.63) is 23.8 Å². The molecule has 1 saturated heterocycles. The van der Waals surface area contributed by atoms with E-state index in [4.69, 9.17) is 5.73 Å². The Bertz CT molecular complexity index is 397. The van der Waals surface area contributed by atoms with Crippen LogP contribution >= 0.6 is 0 Å². The van der Waals surface area contributed by atoms with Gasteiger partial charge in [0.05, 0.1) is 5.92 Å². The standard InChI is InChI=1S/C12H17N3O/c1-8-6-10(2-3-11(8)13)15-12(16)9-4-5-14-7-9/h2-3,6,9,14H,4-5,7,13H2,1H3,(H,15,16). The predicted octanol–water partition coefficient (Wildman–Crippen LogP) is 1.13. The zero-order valence-electron chi connectivity index (χ0n) is 9.42. The van der Waals surface area contributed by atoms with Crippen LogP contribution in [-0.2, 0) is 4.79 Å². The van der Waals surface area contributed by atoms with Crippen molar-refractivity contribution in [2.75, 3.05) is 24.1 Å². The smallest absolute Gasteiger partial charge is 0.228 e. The highest BCUT2D eigenvalue weighted by Gasteiger charge is 2.22. The first kappa shape index (κ1) is 11.0. The molecule has 1 unspecified atom stereocenters. The molecule has 2 rings (SSSR count). The van der Waals surface area contributed by atoms with E-state index in [1.807, 2.05) is 25.1 Å². The molecular weight excluding hydrogens is 202 g/mol. The van der Waals surface area contributed by atoms with Crippen molar-refractivity contribution in [1.82, 2.24) is 5.32 Å². The molecule has 0 aliphatic carbocycles. The lowest BCUT2D eigenvalue weighted by Crippen LogP contribution is -2.24. The predicted molar refractivity (Wildman–Crippen MR) is 65.2 cm³/mol. The quantitative estimate of drug-likeness (QED) is 0.653. The van der Waals surface area contributed by atoms with Crippen LogP contribution in [0.3, 0.4) is 0 Å². The second-order valence-corrected chi connectivity index (χ2v) is 4.25. The number of carbonyl (C=O) groups is 1. The van der Waals surface area contributed by atoms with Crippen LogP contribution in [0.1, 0.15) is 12.0 Å². The van der Waals surface area contributed by atoms with E-state index in [1.54, 1.807) is 0 Å². The fourth-order valence-electron chi connectivity index (χ4n) is 1.88. The van der Waals surface area contributed by atoms with Crippen LogP contribution in [0, 0.1) is 12.8 Å². The first-order valence-corrected chi connectivity index (χ1v) is 5.54. The van der Waals surface area contributed by atoms with Gasteiger partial charge in [0.1, 0.15) is 0 Å². The molecule has 0 bridgehead atoms. The first-order valence-electron chi connectivity index (χ1n) is 5.54. The van der Waals surface area contributed by atoms with E-state index in [1.165, 1.54) is 0 Å². The van der Waals surface area contributed by atoms with Gasteiger partial charge in [-0.1, -0.05) is 0 Å². The summed E-state index contributed by atoms with van der Waals surface area (Å²) in [7, 11) is 0. The minimum atomic E-state index is 0.0918. The second kappa shape index (κ2) is 4.53. The van der Waals surface area contributed by atoms with Gasteiger partial charge in [-0.05, 0) is 43.7 Å². The molecule has 1 aromatic rings. The van der Waals surface area contributed by atoms with Gasteiger partial charge < -0.3 is 16.4 Å². The molecule has 1 amide bonds. The van der Waals surface area contributed by atoms with Gasteiger partial charge in [-0.15, -0.1) is 0 Å². The van der Waals surface area contributed by atoms with Crippen molar-refractivity contribution >= 4 is 17.3 Å². The second-order valence-electron chi connectivity index (χ2n) is 4.25. The summed E-state index contributed by atoms with van der Waals surface area (Å²) < 4.78 is 0. The van der Waals surface area contributed by atoms with Gasteiger partial charge in [-0.2, -0.15) is 0 Å². The fourth-order valence-corrected chi connectivity index (χ4v) is 1.88. The highest BCUT2D eigenvalue weighted by Crippen LogP contribution is 2.18. The Balaban J connectivity index is 2.02. The summed E-state index contributed by atoms with van der Waals surface area (Å²) in [5.74, 6) is 0.187. The number of hydrogen-bond acceptors (Lipinski definition) is 3. The average Bonchev–Trinajstić information content (AvgIpc) is 2.77. The van der Waals surface area contributed by atoms with Crippen LogP contribution in [0.15, 0.2) is 18.2 Å². The molecule has 0 saturated carbocycles. The number of rotatable bonds is 2. The highest BCUT2D eigenvalue weighted by atomic mass is 16.1. The van der Waals surface area contributed by atoms with E-state index in [-0.39, 0.29) is 11.8 Å². The number of anilines is 2. The van der Waals surface area contributed by atoms with Crippen molar-refractivity contribution in [3.8, 4) is 0 Å². The maximum absolute atomic E-state index is 11.8. The number of hydrogen-bond donors (Lipinski definition) is 3. The van der Waals surface area contributed by atoms with Gasteiger partial charge >= 0.3 is 0 Å². The molecule has 1 heterocycles. The number of carbonyl (C=O) groups excluding carboxylic acids is 1. The number of nitrogens with two attached hydrogens (primary N) is 1. The summed E-state index contributed by atoms with van der Waals surface area (Å²) >= 11 is 0. The topological polar surface area (TPSA) is 67.2 Å². The van der Waals surface area contributed by atoms with Gasteiger partial charge in [0, 0.05) is 17.9 Å². The molecule has 1 aliphatic heterocycles. The summed E-state index contributed by atoms with van der Waals surface area (Å²) in [6.45, 7) is 3.64. The van der Waals surface area contributed by atoms with E-state index in [9.17, 15) is 4.79 Å². The summed E-state index contributed by atoms with van der Waals surface area (Å²) in [6, 6.07) is 5.55. The molecule has 16 heavy (non-hydrogen) atoms. The average molecular weight is 219 g/mol. The summed E-state index contributed by atoms with van der Waals surface area (Å²) in [4.78, 5) is 11.8. The van der Waals surface area contributed by atoms with E-state index in [0.717, 1.165) is 36.4 Å². The third-order valence-electron chi connectivity index (χ3n) is 2.97.